The van der Waals surface area contributed by atoms with Gasteiger partial charge in [-0.25, -0.2) is 0 Å². The fourth-order valence-electron chi connectivity index (χ4n) is 3.73. The highest BCUT2D eigenvalue weighted by Crippen LogP contribution is 2.13. The number of rotatable bonds is 23. The smallest absolute Gasteiger partial charge is 0.187 e. The van der Waals surface area contributed by atoms with Gasteiger partial charge in [0.2, 0.25) is 0 Å². The summed E-state index contributed by atoms with van der Waals surface area (Å²) >= 11 is 0. The number of nitrogens with two attached hydrogens (primary N) is 1. The molecule has 2 N–H and O–H groups in total. The molecule has 2 nitrogen and oxygen atoms in total. The predicted octanol–water partition coefficient (Wildman–Crippen LogP) is 4.37. The molecule has 0 aromatic heterocycles. The van der Waals surface area contributed by atoms with Crippen LogP contribution >= 0.6 is 0 Å². The van der Waals surface area contributed by atoms with Crippen molar-refractivity contribution in [3.05, 3.63) is 0 Å². The molecule has 1 atom stereocenters. The Bertz CT molecular complexity index is 263. The lowest BCUT2D eigenvalue weighted by Crippen LogP contribution is -3.00. The normalized spacial score (nSPS) is 12.1. The van der Waals surface area contributed by atoms with E-state index in [1.54, 1.807) is 0 Å². The van der Waals surface area contributed by atoms with Gasteiger partial charge < -0.3 is 22.5 Å². The van der Waals surface area contributed by atoms with E-state index in [9.17, 15) is 0 Å². The number of hydrogen-bond acceptors (Lipinski definition) is 1. The van der Waals surface area contributed by atoms with Gasteiger partial charge in [-0.15, -0.1) is 0 Å². The van der Waals surface area contributed by atoms with Crippen molar-refractivity contribution in [1.82, 2.24) is 0 Å². The molecular weight excluding hydrogens is 366 g/mol. The molecule has 0 saturated carbocycles. The summed E-state index contributed by atoms with van der Waals surface area (Å²) in [5.41, 5.74) is 0. The molecule has 0 bridgehead atoms. The second-order valence-electron chi connectivity index (χ2n) is 8.61. The van der Waals surface area contributed by atoms with Crippen LogP contribution < -0.4 is 17.7 Å². The number of hydrogen-bond donors (Lipinski definition) is 1. The van der Waals surface area contributed by atoms with Crippen molar-refractivity contribution < 1.29 is 22.5 Å². The zero-order chi connectivity index (χ0) is 19.8. The van der Waals surface area contributed by atoms with Crippen LogP contribution in [0.5, 0.6) is 0 Å². The van der Waals surface area contributed by atoms with E-state index in [-0.39, 0.29) is 12.4 Å². The molecule has 1 unspecified atom stereocenters. The molecule has 0 aromatic rings. The molecule has 0 rings (SSSR count). The van der Waals surface area contributed by atoms with Crippen molar-refractivity contribution in [2.24, 2.45) is 0 Å². The Labute approximate surface area is 184 Å². The maximum Gasteiger partial charge on any atom is 0.187 e. The monoisotopic (exact) mass is 419 g/mol. The van der Waals surface area contributed by atoms with E-state index >= 15 is 0 Å². The fourth-order valence-corrected chi connectivity index (χ4v) is 3.73. The molecule has 3 heteroatoms. The SMILES string of the molecule is CCCCCCCCCCCCCCCCCC[NH2+]C(C)OCCCCC.[Cl-]. The van der Waals surface area contributed by atoms with Gasteiger partial charge in [0.15, 0.2) is 6.23 Å². The predicted molar refractivity (Wildman–Crippen MR) is 121 cm³/mol. The molecule has 0 aliphatic rings. The molecule has 0 amide bonds. The third kappa shape index (κ3) is 26.2. The standard InChI is InChI=1S/C25H53NO.ClH/c1-4-6-8-9-10-11-12-13-14-15-16-17-18-19-20-21-23-26-25(3)27-24-22-7-5-2;/h25-26H,4-24H2,1-3H3;1H. The third-order valence-electron chi connectivity index (χ3n) is 5.68. The molecule has 0 aliphatic heterocycles. The zero-order valence-electron chi connectivity index (χ0n) is 19.8. The lowest BCUT2D eigenvalue weighted by atomic mass is 10.0. The minimum Gasteiger partial charge on any atom is -1.00 e. The summed E-state index contributed by atoms with van der Waals surface area (Å²) in [7, 11) is 0. The Hall–Kier alpha value is 0.210. The molecule has 0 aromatic carbocycles. The van der Waals surface area contributed by atoms with Crippen molar-refractivity contribution in [1.29, 1.82) is 0 Å². The quantitative estimate of drug-likeness (QED) is 0.193. The molecule has 0 spiro atoms. The van der Waals surface area contributed by atoms with Gasteiger partial charge in [0, 0.05) is 6.92 Å². The molecule has 0 heterocycles. The molecule has 0 saturated heterocycles. The first-order chi connectivity index (χ1) is 13.3. The second kappa shape index (κ2) is 27.2. The Kier molecular flexibility index (Phi) is 29.5. The molecule has 0 radical (unpaired) electrons. The van der Waals surface area contributed by atoms with Crippen molar-refractivity contribution in [2.75, 3.05) is 13.2 Å². The molecular formula is C25H54ClNO. The van der Waals surface area contributed by atoms with E-state index in [2.05, 4.69) is 26.1 Å². The molecule has 0 aliphatic carbocycles. The van der Waals surface area contributed by atoms with Gasteiger partial charge in [-0.1, -0.05) is 117 Å². The average Bonchev–Trinajstić information content (AvgIpc) is 2.67. The molecule has 28 heavy (non-hydrogen) atoms. The zero-order valence-corrected chi connectivity index (χ0v) is 20.5. The van der Waals surface area contributed by atoms with Crippen LogP contribution in [-0.2, 0) is 4.74 Å². The van der Waals surface area contributed by atoms with E-state index in [0.29, 0.717) is 6.23 Å². The summed E-state index contributed by atoms with van der Waals surface area (Å²) in [6.07, 6.45) is 27.2. The van der Waals surface area contributed by atoms with E-state index in [0.717, 1.165) is 6.61 Å². The first kappa shape index (κ1) is 30.4. The van der Waals surface area contributed by atoms with E-state index in [4.69, 9.17) is 4.74 Å². The Balaban J connectivity index is 0. The van der Waals surface area contributed by atoms with Crippen molar-refractivity contribution in [3.8, 4) is 0 Å². The molecule has 0 fully saturated rings. The van der Waals surface area contributed by atoms with Crippen molar-refractivity contribution in [2.45, 2.75) is 149 Å². The topological polar surface area (TPSA) is 25.8 Å². The van der Waals surface area contributed by atoms with E-state index in [1.807, 2.05) is 0 Å². The minimum absolute atomic E-state index is 0. The van der Waals surface area contributed by atoms with Gasteiger partial charge in [-0.3, -0.25) is 0 Å². The van der Waals surface area contributed by atoms with Crippen LogP contribution in [0.3, 0.4) is 0 Å². The number of halogens is 1. The maximum atomic E-state index is 5.82. The average molecular weight is 420 g/mol. The lowest BCUT2D eigenvalue weighted by Gasteiger charge is -2.11. The van der Waals surface area contributed by atoms with Crippen LogP contribution in [0, 0.1) is 0 Å². The van der Waals surface area contributed by atoms with Gasteiger partial charge in [-0.05, 0) is 19.3 Å². The largest absolute Gasteiger partial charge is 1.00 e. The van der Waals surface area contributed by atoms with Crippen LogP contribution in [0.4, 0.5) is 0 Å². The first-order valence-corrected chi connectivity index (χ1v) is 12.8. The fraction of sp³-hybridized carbons (Fsp3) is 1.00. The van der Waals surface area contributed by atoms with Gasteiger partial charge in [0.1, 0.15) is 0 Å². The summed E-state index contributed by atoms with van der Waals surface area (Å²) in [6, 6.07) is 0. The summed E-state index contributed by atoms with van der Waals surface area (Å²) in [6.45, 7) is 8.90. The Morgan fingerprint density at radius 1 is 0.536 bits per heavy atom. The van der Waals surface area contributed by atoms with Crippen molar-refractivity contribution >= 4 is 0 Å². The van der Waals surface area contributed by atoms with Crippen LogP contribution in [0.2, 0.25) is 0 Å². The maximum absolute atomic E-state index is 5.82. The summed E-state index contributed by atoms with van der Waals surface area (Å²) in [5, 5.41) is 2.37. The van der Waals surface area contributed by atoms with Crippen LogP contribution in [0.15, 0.2) is 0 Å². The van der Waals surface area contributed by atoms with Gasteiger partial charge >= 0.3 is 0 Å². The minimum atomic E-state index is 0. The highest BCUT2D eigenvalue weighted by atomic mass is 35.5. The summed E-state index contributed by atoms with van der Waals surface area (Å²) in [5.74, 6) is 0. The highest BCUT2D eigenvalue weighted by molar-refractivity contribution is 4.49. The van der Waals surface area contributed by atoms with Crippen LogP contribution in [0.25, 0.3) is 0 Å². The Morgan fingerprint density at radius 3 is 1.32 bits per heavy atom. The number of unbranched alkanes of at least 4 members (excludes halogenated alkanes) is 17. The van der Waals surface area contributed by atoms with Gasteiger partial charge in [0.25, 0.3) is 0 Å². The third-order valence-corrected chi connectivity index (χ3v) is 5.68. The van der Waals surface area contributed by atoms with Gasteiger partial charge in [0.05, 0.1) is 13.2 Å². The van der Waals surface area contributed by atoms with Gasteiger partial charge in [-0.2, -0.15) is 0 Å². The van der Waals surface area contributed by atoms with E-state index in [1.165, 1.54) is 129 Å². The van der Waals surface area contributed by atoms with Crippen LogP contribution in [-0.4, -0.2) is 19.4 Å². The first-order valence-electron chi connectivity index (χ1n) is 12.8. The lowest BCUT2D eigenvalue weighted by molar-refractivity contribution is -0.723. The number of quaternary nitrogens is 1. The highest BCUT2D eigenvalue weighted by Gasteiger charge is 2.03. The number of ether oxygens (including phenoxy) is 1. The van der Waals surface area contributed by atoms with Crippen molar-refractivity contribution in [3.63, 3.8) is 0 Å². The summed E-state index contributed by atoms with van der Waals surface area (Å²) in [4.78, 5) is 0. The second-order valence-corrected chi connectivity index (χ2v) is 8.61. The summed E-state index contributed by atoms with van der Waals surface area (Å²) < 4.78 is 5.82. The van der Waals surface area contributed by atoms with Crippen LogP contribution in [0.1, 0.15) is 143 Å². The Morgan fingerprint density at radius 2 is 0.893 bits per heavy atom. The van der Waals surface area contributed by atoms with E-state index < -0.39 is 0 Å². The molecule has 172 valence electrons.